The van der Waals surface area contributed by atoms with Crippen molar-refractivity contribution in [3.8, 4) is 6.07 Å². The Hall–Kier alpha value is -0.686. The van der Waals surface area contributed by atoms with Gasteiger partial charge in [-0.15, -0.1) is 0 Å². The highest BCUT2D eigenvalue weighted by Crippen LogP contribution is 2.14. The van der Waals surface area contributed by atoms with Gasteiger partial charge in [0.2, 0.25) is 0 Å². The van der Waals surface area contributed by atoms with E-state index in [-0.39, 0.29) is 13.0 Å². The van der Waals surface area contributed by atoms with Crippen LogP contribution in [0, 0.1) is 11.3 Å². The molecule has 0 N–H and O–H groups in total. The van der Waals surface area contributed by atoms with Crippen LogP contribution in [0.1, 0.15) is 6.42 Å². The van der Waals surface area contributed by atoms with E-state index in [1.54, 1.807) is 6.07 Å². The fourth-order valence-electron chi connectivity index (χ4n) is 1.51. The van der Waals surface area contributed by atoms with E-state index in [4.69, 9.17) is 18.9 Å². The van der Waals surface area contributed by atoms with Crippen LogP contribution in [0.2, 0.25) is 32.7 Å². The van der Waals surface area contributed by atoms with Gasteiger partial charge in [-0.1, -0.05) is 0 Å². The van der Waals surface area contributed by atoms with Crippen LogP contribution in [0.3, 0.4) is 0 Å². The number of carbonyl (C=O) groups is 1. The lowest BCUT2D eigenvalue weighted by molar-refractivity contribution is -0.143. The van der Waals surface area contributed by atoms with Crippen LogP contribution in [0.15, 0.2) is 0 Å². The zero-order valence-electron chi connectivity index (χ0n) is 11.9. The molecule has 0 aromatic rings. The van der Waals surface area contributed by atoms with Crippen LogP contribution in [-0.2, 0) is 18.4 Å². The maximum absolute atomic E-state index is 10.9. The number of nitrogens with zero attached hydrogens (tertiary/aromatic N) is 1. The SMILES string of the molecule is C[Si](C)(C)O[Si](C)(C)COCCOC(=O)CC#N. The van der Waals surface area contributed by atoms with Crippen LogP contribution in [0.4, 0.5) is 0 Å². The van der Waals surface area contributed by atoms with Crippen LogP contribution in [0.25, 0.3) is 0 Å². The number of esters is 1. The molecular weight excluding hydrogens is 266 g/mol. The molecule has 0 unspecified atom stereocenters. The molecule has 0 saturated heterocycles. The fourth-order valence-corrected chi connectivity index (χ4v) is 9.01. The molecule has 0 radical (unpaired) electrons. The molecule has 0 spiro atoms. The minimum absolute atomic E-state index is 0.192. The van der Waals surface area contributed by atoms with Crippen molar-refractivity contribution >= 4 is 22.6 Å². The Bertz CT molecular complexity index is 307. The van der Waals surface area contributed by atoms with Crippen molar-refractivity contribution in [1.29, 1.82) is 5.26 Å². The first-order valence-electron chi connectivity index (χ1n) is 5.97. The van der Waals surface area contributed by atoms with Crippen molar-refractivity contribution in [3.63, 3.8) is 0 Å². The Balaban J connectivity index is 3.72. The quantitative estimate of drug-likeness (QED) is 0.388. The van der Waals surface area contributed by atoms with Gasteiger partial charge >= 0.3 is 5.97 Å². The van der Waals surface area contributed by atoms with Crippen LogP contribution < -0.4 is 0 Å². The van der Waals surface area contributed by atoms with Crippen LogP contribution in [-0.4, -0.2) is 42.0 Å². The van der Waals surface area contributed by atoms with Crippen molar-refractivity contribution in [1.82, 2.24) is 0 Å². The van der Waals surface area contributed by atoms with Gasteiger partial charge in [0.15, 0.2) is 16.6 Å². The number of hydrogen-bond donors (Lipinski definition) is 0. The maximum atomic E-state index is 10.9. The fraction of sp³-hybridized carbons (Fsp3) is 0.818. The molecule has 0 bridgehead atoms. The molecule has 7 heteroatoms. The summed E-state index contributed by atoms with van der Waals surface area (Å²) in [5.74, 6) is -0.504. The van der Waals surface area contributed by atoms with E-state index in [0.717, 1.165) is 0 Å². The average molecular weight is 289 g/mol. The number of carbonyl (C=O) groups excluding carboxylic acids is 1. The molecule has 0 fully saturated rings. The molecule has 0 saturated carbocycles. The lowest BCUT2D eigenvalue weighted by Gasteiger charge is -2.31. The third-order valence-electron chi connectivity index (χ3n) is 1.75. The standard InChI is InChI=1S/C11H23NO4Si2/c1-17(2,3)16-18(4,5)10-14-8-9-15-11(13)6-7-12/h6,8-10H2,1-5H3. The second-order valence-electron chi connectivity index (χ2n) is 5.58. The molecule has 5 nitrogen and oxygen atoms in total. The number of ether oxygens (including phenoxy) is 2. The summed E-state index contributed by atoms with van der Waals surface area (Å²) in [6.45, 7) is 11.3. The van der Waals surface area contributed by atoms with E-state index in [0.29, 0.717) is 12.8 Å². The van der Waals surface area contributed by atoms with Gasteiger partial charge in [0.1, 0.15) is 13.0 Å². The van der Waals surface area contributed by atoms with Crippen molar-refractivity contribution < 1.29 is 18.4 Å². The van der Waals surface area contributed by atoms with Gasteiger partial charge in [0, 0.05) is 0 Å². The Kier molecular flexibility index (Phi) is 7.39. The van der Waals surface area contributed by atoms with Gasteiger partial charge in [0.25, 0.3) is 0 Å². The highest BCUT2D eigenvalue weighted by Gasteiger charge is 2.29. The molecule has 0 aromatic carbocycles. The van der Waals surface area contributed by atoms with E-state index in [1.807, 2.05) is 0 Å². The van der Waals surface area contributed by atoms with E-state index in [1.165, 1.54) is 0 Å². The minimum Gasteiger partial charge on any atom is -0.462 e. The highest BCUT2D eigenvalue weighted by atomic mass is 28.4. The second kappa shape index (κ2) is 7.68. The van der Waals surface area contributed by atoms with E-state index < -0.39 is 22.6 Å². The molecule has 0 amide bonds. The van der Waals surface area contributed by atoms with Gasteiger partial charge in [0.05, 0.1) is 18.9 Å². The van der Waals surface area contributed by atoms with Crippen LogP contribution >= 0.6 is 0 Å². The van der Waals surface area contributed by atoms with Crippen LogP contribution in [0.5, 0.6) is 0 Å². The zero-order valence-corrected chi connectivity index (χ0v) is 13.9. The number of hydrogen-bond acceptors (Lipinski definition) is 5. The lowest BCUT2D eigenvalue weighted by Crippen LogP contribution is -2.46. The van der Waals surface area contributed by atoms with Gasteiger partial charge in [-0.25, -0.2) is 0 Å². The van der Waals surface area contributed by atoms with Crippen molar-refractivity contribution in [3.05, 3.63) is 0 Å². The Morgan fingerprint density at radius 2 is 1.78 bits per heavy atom. The predicted molar refractivity (Wildman–Crippen MR) is 73.9 cm³/mol. The lowest BCUT2D eigenvalue weighted by atomic mass is 10.5. The summed E-state index contributed by atoms with van der Waals surface area (Å²) in [5.41, 5.74) is 0. The predicted octanol–water partition coefficient (Wildman–Crippen LogP) is 2.06. The largest absolute Gasteiger partial charge is 0.462 e. The summed E-state index contributed by atoms with van der Waals surface area (Å²) in [7, 11) is -3.31. The maximum Gasteiger partial charge on any atom is 0.320 e. The molecule has 0 aromatic heterocycles. The molecule has 0 rings (SSSR count). The molecule has 0 aliphatic heterocycles. The smallest absolute Gasteiger partial charge is 0.320 e. The second-order valence-corrected chi connectivity index (χ2v) is 14.4. The van der Waals surface area contributed by atoms with Crippen molar-refractivity contribution in [2.75, 3.05) is 19.4 Å². The Labute approximate surface area is 111 Å². The monoisotopic (exact) mass is 289 g/mol. The molecule has 0 heterocycles. The normalized spacial score (nSPS) is 12.0. The van der Waals surface area contributed by atoms with Gasteiger partial charge in [-0.2, -0.15) is 5.26 Å². The van der Waals surface area contributed by atoms with Gasteiger partial charge in [-0.3, -0.25) is 4.79 Å². The van der Waals surface area contributed by atoms with E-state index >= 15 is 0 Å². The first kappa shape index (κ1) is 17.3. The van der Waals surface area contributed by atoms with Crippen molar-refractivity contribution in [2.24, 2.45) is 0 Å². The van der Waals surface area contributed by atoms with E-state index in [9.17, 15) is 4.79 Å². The van der Waals surface area contributed by atoms with Gasteiger partial charge in [-0.05, 0) is 32.7 Å². The molecule has 0 atom stereocenters. The average Bonchev–Trinajstić information content (AvgIpc) is 2.13. The number of rotatable bonds is 8. The summed E-state index contributed by atoms with van der Waals surface area (Å²) in [4.78, 5) is 10.9. The Morgan fingerprint density at radius 1 is 1.17 bits per heavy atom. The summed E-state index contributed by atoms with van der Waals surface area (Å²) in [6, 6.07) is 1.73. The topological polar surface area (TPSA) is 68.6 Å². The third kappa shape index (κ3) is 10.5. The first-order chi connectivity index (χ1) is 8.16. The number of nitriles is 1. The molecule has 18 heavy (non-hydrogen) atoms. The van der Waals surface area contributed by atoms with E-state index in [2.05, 4.69) is 32.7 Å². The zero-order chi connectivity index (χ0) is 14.2. The summed E-state index contributed by atoms with van der Waals surface area (Å²) in [6.07, 6.45) is 0.381. The summed E-state index contributed by atoms with van der Waals surface area (Å²) >= 11 is 0. The van der Waals surface area contributed by atoms with Gasteiger partial charge < -0.3 is 13.6 Å². The van der Waals surface area contributed by atoms with Crippen molar-refractivity contribution in [2.45, 2.75) is 39.2 Å². The minimum atomic E-state index is -1.78. The Morgan fingerprint density at radius 3 is 2.28 bits per heavy atom. The molecular formula is C11H23NO4Si2. The first-order valence-corrected chi connectivity index (χ1v) is 12.5. The summed E-state index contributed by atoms with van der Waals surface area (Å²) in [5, 5.41) is 8.26. The molecule has 104 valence electrons. The highest BCUT2D eigenvalue weighted by molar-refractivity contribution is 6.84. The third-order valence-corrected chi connectivity index (χ3v) is 7.31. The summed E-state index contributed by atoms with van der Waals surface area (Å²) < 4.78 is 16.4. The molecule has 0 aliphatic rings. The molecule has 0 aliphatic carbocycles.